The molecule has 3 nitrogen and oxygen atoms in total. The number of anilines is 1. The van der Waals surface area contributed by atoms with Crippen molar-refractivity contribution in [1.29, 1.82) is 0 Å². The second kappa shape index (κ2) is 5.80. The smallest absolute Gasteiger partial charge is 0.160 e. The molecule has 0 saturated carbocycles. The van der Waals surface area contributed by atoms with Crippen molar-refractivity contribution in [2.75, 3.05) is 12.4 Å². The molecule has 5 heteroatoms. The quantitative estimate of drug-likeness (QED) is 0.895. The van der Waals surface area contributed by atoms with Crippen LogP contribution in [0.1, 0.15) is 5.56 Å². The summed E-state index contributed by atoms with van der Waals surface area (Å²) in [6, 6.07) is 9.27. The summed E-state index contributed by atoms with van der Waals surface area (Å²) in [5, 5.41) is 12.9. The third-order valence-electron chi connectivity index (χ3n) is 2.60. The maximum Gasteiger partial charge on any atom is 0.160 e. The van der Waals surface area contributed by atoms with Gasteiger partial charge in [0.25, 0.3) is 0 Å². The first-order chi connectivity index (χ1) is 9.08. The SMILES string of the molecule is COc1cc(CNc2cc(F)cc(Cl)c2)ccc1O. The Kier molecular flexibility index (Phi) is 4.12. The van der Waals surface area contributed by atoms with E-state index in [2.05, 4.69) is 5.32 Å². The second-order valence-electron chi connectivity index (χ2n) is 4.02. The van der Waals surface area contributed by atoms with Crippen LogP contribution < -0.4 is 10.1 Å². The van der Waals surface area contributed by atoms with Gasteiger partial charge in [0.2, 0.25) is 0 Å². The van der Waals surface area contributed by atoms with Crippen LogP contribution in [0.2, 0.25) is 5.02 Å². The lowest BCUT2D eigenvalue weighted by Crippen LogP contribution is -2.00. The summed E-state index contributed by atoms with van der Waals surface area (Å²) in [6.45, 7) is 0.469. The average Bonchev–Trinajstić information content (AvgIpc) is 2.36. The molecule has 2 aromatic rings. The molecule has 0 aromatic heterocycles. The predicted octanol–water partition coefficient (Wildman–Crippen LogP) is 3.81. The molecule has 0 radical (unpaired) electrons. The Hall–Kier alpha value is -1.94. The number of halogens is 2. The predicted molar refractivity (Wildman–Crippen MR) is 73.4 cm³/mol. The summed E-state index contributed by atoms with van der Waals surface area (Å²) in [5.41, 5.74) is 1.49. The average molecular weight is 282 g/mol. The highest BCUT2D eigenvalue weighted by Crippen LogP contribution is 2.27. The number of phenols is 1. The number of rotatable bonds is 4. The van der Waals surface area contributed by atoms with Gasteiger partial charge < -0.3 is 15.2 Å². The van der Waals surface area contributed by atoms with E-state index in [4.69, 9.17) is 16.3 Å². The molecule has 0 saturated heterocycles. The molecule has 0 bridgehead atoms. The van der Waals surface area contributed by atoms with Gasteiger partial charge >= 0.3 is 0 Å². The van der Waals surface area contributed by atoms with Crippen molar-refractivity contribution in [1.82, 2.24) is 0 Å². The van der Waals surface area contributed by atoms with Crippen molar-refractivity contribution in [3.8, 4) is 11.5 Å². The van der Waals surface area contributed by atoms with Crippen molar-refractivity contribution in [2.24, 2.45) is 0 Å². The standard InChI is InChI=1S/C14H13ClFNO2/c1-19-14-4-9(2-3-13(14)18)8-17-12-6-10(15)5-11(16)7-12/h2-7,17-18H,8H2,1H3. The molecule has 0 fully saturated rings. The normalized spacial score (nSPS) is 10.3. The first kappa shape index (κ1) is 13.5. The van der Waals surface area contributed by atoms with Gasteiger partial charge in [-0.1, -0.05) is 17.7 Å². The van der Waals surface area contributed by atoms with Crippen LogP contribution in [-0.2, 0) is 6.54 Å². The Morgan fingerprint density at radius 1 is 1.26 bits per heavy atom. The van der Waals surface area contributed by atoms with Crippen LogP contribution in [0.4, 0.5) is 10.1 Å². The molecule has 2 aromatic carbocycles. The molecule has 2 rings (SSSR count). The lowest BCUT2D eigenvalue weighted by Gasteiger charge is -2.09. The van der Waals surface area contributed by atoms with E-state index in [1.54, 1.807) is 24.3 Å². The monoisotopic (exact) mass is 281 g/mol. The molecule has 0 aliphatic rings. The molecule has 0 spiro atoms. The van der Waals surface area contributed by atoms with Gasteiger partial charge in [-0.2, -0.15) is 0 Å². The van der Waals surface area contributed by atoms with Gasteiger partial charge in [0, 0.05) is 17.3 Å². The topological polar surface area (TPSA) is 41.5 Å². The highest BCUT2D eigenvalue weighted by Gasteiger charge is 2.03. The number of methoxy groups -OCH3 is 1. The van der Waals surface area contributed by atoms with E-state index in [0.717, 1.165) is 5.56 Å². The van der Waals surface area contributed by atoms with E-state index in [1.165, 1.54) is 19.2 Å². The second-order valence-corrected chi connectivity index (χ2v) is 4.45. The van der Waals surface area contributed by atoms with Crippen molar-refractivity contribution < 1.29 is 14.2 Å². The third kappa shape index (κ3) is 3.51. The minimum Gasteiger partial charge on any atom is -0.504 e. The fourth-order valence-corrected chi connectivity index (χ4v) is 1.91. The maximum absolute atomic E-state index is 13.1. The van der Waals surface area contributed by atoms with E-state index in [0.29, 0.717) is 23.0 Å². The summed E-state index contributed by atoms with van der Waals surface area (Å²) in [5.74, 6) is 0.0925. The molecule has 0 atom stereocenters. The number of hydrogen-bond acceptors (Lipinski definition) is 3. The van der Waals surface area contributed by atoms with E-state index in [9.17, 15) is 9.50 Å². The molecule has 2 N–H and O–H groups in total. The molecule has 0 unspecified atom stereocenters. The van der Waals surface area contributed by atoms with Gasteiger partial charge in [-0.15, -0.1) is 0 Å². The van der Waals surface area contributed by atoms with E-state index >= 15 is 0 Å². The highest BCUT2D eigenvalue weighted by atomic mass is 35.5. The van der Waals surface area contributed by atoms with Crippen molar-refractivity contribution in [3.05, 3.63) is 52.8 Å². The maximum atomic E-state index is 13.1. The van der Waals surface area contributed by atoms with Crippen molar-refractivity contribution in [2.45, 2.75) is 6.54 Å². The van der Waals surface area contributed by atoms with Crippen LogP contribution in [0.15, 0.2) is 36.4 Å². The van der Waals surface area contributed by atoms with Crippen LogP contribution in [0.5, 0.6) is 11.5 Å². The first-order valence-electron chi connectivity index (χ1n) is 5.64. The summed E-state index contributed by atoms with van der Waals surface area (Å²) in [6.07, 6.45) is 0. The fourth-order valence-electron chi connectivity index (χ4n) is 1.69. The van der Waals surface area contributed by atoms with Crippen molar-refractivity contribution in [3.63, 3.8) is 0 Å². The summed E-state index contributed by atoms with van der Waals surface area (Å²) in [4.78, 5) is 0. The number of benzene rings is 2. The van der Waals surface area contributed by atoms with E-state index in [1.807, 2.05) is 0 Å². The number of ether oxygens (including phenoxy) is 1. The number of phenolic OH excluding ortho intramolecular Hbond substituents is 1. The first-order valence-corrected chi connectivity index (χ1v) is 6.02. The summed E-state index contributed by atoms with van der Waals surface area (Å²) < 4.78 is 18.2. The molecule has 0 aliphatic carbocycles. The van der Waals surface area contributed by atoms with Crippen LogP contribution >= 0.6 is 11.6 Å². The molecular weight excluding hydrogens is 269 g/mol. The molecule has 19 heavy (non-hydrogen) atoms. The fraction of sp³-hybridized carbons (Fsp3) is 0.143. The Labute approximate surface area is 115 Å². The zero-order chi connectivity index (χ0) is 13.8. The minimum absolute atomic E-state index is 0.0834. The summed E-state index contributed by atoms with van der Waals surface area (Å²) >= 11 is 5.77. The van der Waals surface area contributed by atoms with Crippen LogP contribution in [0.3, 0.4) is 0 Å². The zero-order valence-corrected chi connectivity index (χ0v) is 11.0. The molecule has 100 valence electrons. The molecular formula is C14H13ClFNO2. The van der Waals surface area contributed by atoms with Crippen molar-refractivity contribution >= 4 is 17.3 Å². The van der Waals surface area contributed by atoms with Gasteiger partial charge in [0.05, 0.1) is 7.11 Å². The number of aromatic hydroxyl groups is 1. The Bertz CT molecular complexity index is 569. The van der Waals surface area contributed by atoms with Gasteiger partial charge in [0.15, 0.2) is 11.5 Å². The number of hydrogen-bond donors (Lipinski definition) is 2. The zero-order valence-electron chi connectivity index (χ0n) is 10.3. The van der Waals surface area contributed by atoms with Gasteiger partial charge in [-0.25, -0.2) is 4.39 Å². The molecule has 0 aliphatic heterocycles. The Morgan fingerprint density at radius 2 is 2.05 bits per heavy atom. The van der Waals surface area contributed by atoms with Crippen LogP contribution in [0.25, 0.3) is 0 Å². The van der Waals surface area contributed by atoms with Crippen LogP contribution in [-0.4, -0.2) is 12.2 Å². The summed E-state index contributed by atoms with van der Waals surface area (Å²) in [7, 11) is 1.48. The Balaban J connectivity index is 2.10. The highest BCUT2D eigenvalue weighted by molar-refractivity contribution is 6.30. The molecule has 0 amide bonds. The minimum atomic E-state index is -0.390. The third-order valence-corrected chi connectivity index (χ3v) is 2.82. The number of nitrogens with one attached hydrogen (secondary N) is 1. The lowest BCUT2D eigenvalue weighted by molar-refractivity contribution is 0.373. The lowest BCUT2D eigenvalue weighted by atomic mass is 10.2. The molecule has 0 heterocycles. The largest absolute Gasteiger partial charge is 0.504 e. The Morgan fingerprint density at radius 3 is 2.74 bits per heavy atom. The van der Waals surface area contributed by atoms with Crippen LogP contribution in [0, 0.1) is 5.82 Å². The van der Waals surface area contributed by atoms with Gasteiger partial charge in [-0.3, -0.25) is 0 Å². The van der Waals surface area contributed by atoms with Gasteiger partial charge in [0.1, 0.15) is 5.82 Å². The van der Waals surface area contributed by atoms with E-state index in [-0.39, 0.29) is 5.75 Å². The van der Waals surface area contributed by atoms with E-state index < -0.39 is 5.82 Å². The van der Waals surface area contributed by atoms with Gasteiger partial charge in [-0.05, 0) is 35.9 Å².